The van der Waals surface area contributed by atoms with Crippen molar-refractivity contribution in [3.63, 3.8) is 0 Å². The number of rotatable bonds is 2. The molecule has 1 aromatic rings. The van der Waals surface area contributed by atoms with E-state index in [1.165, 1.54) is 11.1 Å². The van der Waals surface area contributed by atoms with Crippen LogP contribution in [0.3, 0.4) is 0 Å². The highest BCUT2D eigenvalue weighted by Crippen LogP contribution is 2.43. The van der Waals surface area contributed by atoms with E-state index in [4.69, 9.17) is 0 Å². The molecule has 4 rings (SSSR count). The Hall–Kier alpha value is -1.90. The monoisotopic (exact) mass is 323 g/mol. The van der Waals surface area contributed by atoms with Gasteiger partial charge in [-0.2, -0.15) is 0 Å². The number of likely N-dealkylation sites (tertiary alicyclic amines) is 1. The molecule has 126 valence electrons. The van der Waals surface area contributed by atoms with Gasteiger partial charge in [0.05, 0.1) is 0 Å². The lowest BCUT2D eigenvalue weighted by Gasteiger charge is -2.39. The third-order valence-electron chi connectivity index (χ3n) is 6.19. The molecule has 2 aliphatic carbocycles. The van der Waals surface area contributed by atoms with Crippen molar-refractivity contribution in [1.82, 2.24) is 4.90 Å². The van der Waals surface area contributed by atoms with Gasteiger partial charge in [0, 0.05) is 37.3 Å². The van der Waals surface area contributed by atoms with Crippen LogP contribution in [0, 0.1) is 5.92 Å². The fourth-order valence-electron chi connectivity index (χ4n) is 4.64. The van der Waals surface area contributed by atoms with Gasteiger partial charge in [0.25, 0.3) is 0 Å². The molecule has 1 spiro atoms. The van der Waals surface area contributed by atoms with Crippen LogP contribution in [0.4, 0.5) is 0 Å². The Morgan fingerprint density at radius 1 is 1.17 bits per heavy atom. The van der Waals surface area contributed by atoms with Crippen LogP contribution in [0.15, 0.2) is 30.3 Å². The van der Waals surface area contributed by atoms with Crippen LogP contribution in [0.5, 0.6) is 0 Å². The molecule has 1 aliphatic heterocycles. The lowest BCUT2D eigenvalue weighted by Crippen LogP contribution is -2.44. The van der Waals surface area contributed by atoms with Crippen LogP contribution in [0.1, 0.15) is 56.1 Å². The Morgan fingerprint density at radius 3 is 2.75 bits per heavy atom. The number of ketones is 1. The minimum absolute atomic E-state index is 0.0192. The van der Waals surface area contributed by atoms with Crippen molar-refractivity contribution in [2.45, 2.75) is 50.4 Å². The first kappa shape index (κ1) is 15.6. The van der Waals surface area contributed by atoms with Crippen molar-refractivity contribution in [3.8, 4) is 0 Å². The smallest absolute Gasteiger partial charge is 0.223 e. The lowest BCUT2D eigenvalue weighted by molar-refractivity contribution is -0.137. The van der Waals surface area contributed by atoms with E-state index in [2.05, 4.69) is 36.4 Å². The van der Waals surface area contributed by atoms with Gasteiger partial charge in [0.15, 0.2) is 0 Å². The van der Waals surface area contributed by atoms with E-state index in [0.717, 1.165) is 45.2 Å². The quantitative estimate of drug-likeness (QED) is 0.832. The second-order valence-corrected chi connectivity index (χ2v) is 7.57. The van der Waals surface area contributed by atoms with Gasteiger partial charge in [-0.15, -0.1) is 0 Å². The normalized spacial score (nSPS) is 25.1. The van der Waals surface area contributed by atoms with Crippen molar-refractivity contribution in [3.05, 3.63) is 41.5 Å². The maximum absolute atomic E-state index is 12.6. The Bertz CT molecular complexity index is 683. The molecule has 1 saturated heterocycles. The number of hydrogen-bond donors (Lipinski definition) is 0. The summed E-state index contributed by atoms with van der Waals surface area (Å²) in [5.41, 5.74) is 2.86. The average Bonchev–Trinajstić information content (AvgIpc) is 2.96. The van der Waals surface area contributed by atoms with Crippen LogP contribution in [0.2, 0.25) is 0 Å². The number of fused-ring (bicyclic) bond motifs is 2. The van der Waals surface area contributed by atoms with Gasteiger partial charge < -0.3 is 4.90 Å². The number of hydrogen-bond acceptors (Lipinski definition) is 2. The number of Topliss-reactive ketones (excluding diaryl/α,β-unsaturated/α-hetero) is 1. The summed E-state index contributed by atoms with van der Waals surface area (Å²) in [5, 5.41) is 0. The molecule has 1 amide bonds. The minimum Gasteiger partial charge on any atom is -0.343 e. The summed E-state index contributed by atoms with van der Waals surface area (Å²) in [6.45, 7) is 1.61. The lowest BCUT2D eigenvalue weighted by atomic mass is 9.74. The Labute approximate surface area is 143 Å². The molecule has 0 bridgehead atoms. The highest BCUT2D eigenvalue weighted by atomic mass is 16.2. The van der Waals surface area contributed by atoms with E-state index in [-0.39, 0.29) is 17.2 Å². The molecule has 1 unspecified atom stereocenters. The zero-order valence-electron chi connectivity index (χ0n) is 14.2. The summed E-state index contributed by atoms with van der Waals surface area (Å²) < 4.78 is 0. The fraction of sp³-hybridized carbons (Fsp3) is 0.524. The molecular weight excluding hydrogens is 298 g/mol. The first-order chi connectivity index (χ1) is 11.7. The molecule has 2 fully saturated rings. The summed E-state index contributed by atoms with van der Waals surface area (Å²) in [5.74, 6) is 0.463. The topological polar surface area (TPSA) is 37.4 Å². The summed E-state index contributed by atoms with van der Waals surface area (Å²) >= 11 is 0. The second-order valence-electron chi connectivity index (χ2n) is 7.57. The van der Waals surface area contributed by atoms with E-state index in [9.17, 15) is 9.59 Å². The van der Waals surface area contributed by atoms with Crippen LogP contribution in [-0.4, -0.2) is 29.7 Å². The molecule has 1 aromatic carbocycles. The highest BCUT2D eigenvalue weighted by molar-refractivity contribution is 5.87. The van der Waals surface area contributed by atoms with Gasteiger partial charge >= 0.3 is 0 Å². The summed E-state index contributed by atoms with van der Waals surface area (Å²) in [6, 6.07) is 8.60. The number of carbonyl (C=O) groups excluding carboxylic acids is 2. The molecule has 1 atom stereocenters. The van der Waals surface area contributed by atoms with Crippen molar-refractivity contribution < 1.29 is 9.59 Å². The van der Waals surface area contributed by atoms with E-state index >= 15 is 0 Å². The standard InChI is InChI=1S/C21H25NO2/c23-19-8-4-2-6-17(19)15-20(24)22-13-11-21(12-14-22)10-9-16-5-1-3-7-18(16)21/h1,3,5,7,9-10,17H,2,4,6,8,11-15H2. The average molecular weight is 323 g/mol. The number of piperidine rings is 1. The molecular formula is C21H25NO2. The zero-order chi connectivity index (χ0) is 16.6. The molecule has 3 nitrogen and oxygen atoms in total. The Morgan fingerprint density at radius 2 is 1.96 bits per heavy atom. The zero-order valence-corrected chi connectivity index (χ0v) is 14.2. The molecule has 24 heavy (non-hydrogen) atoms. The summed E-state index contributed by atoms with van der Waals surface area (Å²) in [6.07, 6.45) is 10.6. The summed E-state index contributed by atoms with van der Waals surface area (Å²) in [4.78, 5) is 26.6. The first-order valence-electron chi connectivity index (χ1n) is 9.27. The molecule has 0 radical (unpaired) electrons. The summed E-state index contributed by atoms with van der Waals surface area (Å²) in [7, 11) is 0. The van der Waals surface area contributed by atoms with E-state index < -0.39 is 0 Å². The SMILES string of the molecule is O=C1CCCCC1CC(=O)N1CCC2(C=Cc3ccccc32)CC1. The molecule has 3 aliphatic rings. The van der Waals surface area contributed by atoms with Crippen molar-refractivity contribution >= 4 is 17.8 Å². The molecule has 1 heterocycles. The van der Waals surface area contributed by atoms with Gasteiger partial charge in [-0.3, -0.25) is 9.59 Å². The van der Waals surface area contributed by atoms with Crippen LogP contribution < -0.4 is 0 Å². The number of benzene rings is 1. The Balaban J connectivity index is 1.39. The number of allylic oxidation sites excluding steroid dienone is 1. The highest BCUT2D eigenvalue weighted by Gasteiger charge is 2.39. The largest absolute Gasteiger partial charge is 0.343 e. The van der Waals surface area contributed by atoms with Crippen LogP contribution >= 0.6 is 0 Å². The van der Waals surface area contributed by atoms with Crippen molar-refractivity contribution in [2.24, 2.45) is 5.92 Å². The molecule has 0 N–H and O–H groups in total. The predicted octanol–water partition coefficient (Wildman–Crippen LogP) is 3.72. The van der Waals surface area contributed by atoms with Crippen LogP contribution in [0.25, 0.3) is 6.08 Å². The molecule has 3 heteroatoms. The fourth-order valence-corrected chi connectivity index (χ4v) is 4.64. The second kappa shape index (κ2) is 6.19. The van der Waals surface area contributed by atoms with Gasteiger partial charge in [0.1, 0.15) is 5.78 Å². The molecule has 1 saturated carbocycles. The van der Waals surface area contributed by atoms with Gasteiger partial charge in [0.2, 0.25) is 5.91 Å². The minimum atomic E-state index is -0.0192. The van der Waals surface area contributed by atoms with Crippen molar-refractivity contribution in [2.75, 3.05) is 13.1 Å². The number of nitrogens with zero attached hydrogens (tertiary/aromatic N) is 1. The maximum Gasteiger partial charge on any atom is 0.223 e. The van der Waals surface area contributed by atoms with E-state index in [0.29, 0.717) is 18.6 Å². The van der Waals surface area contributed by atoms with Gasteiger partial charge in [-0.05, 0) is 36.8 Å². The Kier molecular flexibility index (Phi) is 4.03. The van der Waals surface area contributed by atoms with Crippen LogP contribution in [-0.2, 0) is 15.0 Å². The third-order valence-corrected chi connectivity index (χ3v) is 6.19. The van der Waals surface area contributed by atoms with E-state index in [1.807, 2.05) is 4.90 Å². The maximum atomic E-state index is 12.6. The predicted molar refractivity (Wildman–Crippen MR) is 94.6 cm³/mol. The van der Waals surface area contributed by atoms with Gasteiger partial charge in [-0.25, -0.2) is 0 Å². The number of amides is 1. The third kappa shape index (κ3) is 2.70. The first-order valence-corrected chi connectivity index (χ1v) is 9.27. The van der Waals surface area contributed by atoms with Gasteiger partial charge in [-0.1, -0.05) is 42.8 Å². The van der Waals surface area contributed by atoms with E-state index in [1.54, 1.807) is 0 Å². The number of carbonyl (C=O) groups is 2. The van der Waals surface area contributed by atoms with Crippen molar-refractivity contribution in [1.29, 1.82) is 0 Å². The molecule has 0 aromatic heterocycles.